The first-order valence-electron chi connectivity index (χ1n) is 10.6. The Morgan fingerprint density at radius 3 is 2.28 bits per heavy atom. The molecule has 0 atom stereocenters. The zero-order valence-corrected chi connectivity index (χ0v) is 18.2. The lowest BCUT2D eigenvalue weighted by Crippen LogP contribution is -2.37. The van der Waals surface area contributed by atoms with Gasteiger partial charge >= 0.3 is 0 Å². The molecule has 0 saturated heterocycles. The van der Waals surface area contributed by atoms with E-state index < -0.39 is 0 Å². The van der Waals surface area contributed by atoms with Gasteiger partial charge < -0.3 is 4.90 Å². The van der Waals surface area contributed by atoms with Crippen molar-refractivity contribution in [3.63, 3.8) is 0 Å². The molecule has 0 unspecified atom stereocenters. The Hall–Kier alpha value is -3.99. The largest absolute Gasteiger partial charge is 0.306 e. The molecule has 0 radical (unpaired) electrons. The number of benzene rings is 3. The minimum absolute atomic E-state index is 0.140. The summed E-state index contributed by atoms with van der Waals surface area (Å²) in [5.74, 6) is -0.201. The number of para-hydroxylation sites is 1. The molecule has 1 aromatic heterocycles. The fraction of sp³-hybridized carbons (Fsp3) is 0.148. The standard InChI is InChI=1S/C27H25N3O2/c1-20-13-14-21(2)24(17-20)25-15-16-26(31)30(28-25)19-27(32)29(23-11-7-4-8-12-23)18-22-9-5-3-6-10-22/h3-17H,18-19H2,1-2H3. The monoisotopic (exact) mass is 423 g/mol. The maximum absolute atomic E-state index is 13.4. The number of nitrogens with zero attached hydrogens (tertiary/aromatic N) is 3. The maximum atomic E-state index is 13.4. The molecule has 0 fully saturated rings. The molecule has 0 N–H and O–H groups in total. The van der Waals surface area contributed by atoms with E-state index in [4.69, 9.17) is 0 Å². The number of hydrogen-bond donors (Lipinski definition) is 0. The Balaban J connectivity index is 1.66. The van der Waals surface area contributed by atoms with Crippen LogP contribution in [0.3, 0.4) is 0 Å². The molecule has 3 aromatic carbocycles. The molecular weight excluding hydrogens is 398 g/mol. The quantitative estimate of drug-likeness (QED) is 0.449. The van der Waals surface area contributed by atoms with Crippen molar-refractivity contribution in [3.05, 3.63) is 118 Å². The van der Waals surface area contributed by atoms with E-state index >= 15 is 0 Å². The molecular formula is C27H25N3O2. The molecule has 5 heteroatoms. The number of carbonyl (C=O) groups excluding carboxylic acids is 1. The average molecular weight is 424 g/mol. The highest BCUT2D eigenvalue weighted by Crippen LogP contribution is 2.22. The molecule has 0 aliphatic rings. The van der Waals surface area contributed by atoms with Crippen molar-refractivity contribution >= 4 is 11.6 Å². The van der Waals surface area contributed by atoms with Crippen molar-refractivity contribution in [2.75, 3.05) is 4.90 Å². The summed E-state index contributed by atoms with van der Waals surface area (Å²) in [6.07, 6.45) is 0. The Morgan fingerprint density at radius 2 is 1.56 bits per heavy atom. The van der Waals surface area contributed by atoms with Crippen LogP contribution in [0.5, 0.6) is 0 Å². The van der Waals surface area contributed by atoms with Gasteiger partial charge in [-0.2, -0.15) is 5.10 Å². The molecule has 5 nitrogen and oxygen atoms in total. The lowest BCUT2D eigenvalue weighted by Gasteiger charge is -2.23. The number of carbonyl (C=O) groups is 1. The highest BCUT2D eigenvalue weighted by Gasteiger charge is 2.18. The van der Waals surface area contributed by atoms with Crippen LogP contribution in [-0.2, 0) is 17.9 Å². The highest BCUT2D eigenvalue weighted by molar-refractivity contribution is 5.93. The van der Waals surface area contributed by atoms with E-state index in [1.165, 1.54) is 10.7 Å². The van der Waals surface area contributed by atoms with Crippen LogP contribution in [0.2, 0.25) is 0 Å². The van der Waals surface area contributed by atoms with Crippen molar-refractivity contribution < 1.29 is 4.79 Å². The summed E-state index contributed by atoms with van der Waals surface area (Å²) in [5.41, 5.74) is 5.28. The van der Waals surface area contributed by atoms with Gasteiger partial charge in [0.15, 0.2) is 0 Å². The smallest absolute Gasteiger partial charge is 0.267 e. The molecule has 32 heavy (non-hydrogen) atoms. The third kappa shape index (κ3) is 4.83. The second-order valence-electron chi connectivity index (χ2n) is 7.83. The Labute approximate surface area is 187 Å². The fourth-order valence-corrected chi connectivity index (χ4v) is 3.63. The fourth-order valence-electron chi connectivity index (χ4n) is 3.63. The van der Waals surface area contributed by atoms with Crippen LogP contribution in [0.15, 0.2) is 95.8 Å². The summed E-state index contributed by atoms with van der Waals surface area (Å²) in [5, 5.41) is 4.52. The lowest BCUT2D eigenvalue weighted by molar-refractivity contribution is -0.119. The minimum Gasteiger partial charge on any atom is -0.306 e. The summed E-state index contributed by atoms with van der Waals surface area (Å²) in [6, 6.07) is 28.6. The minimum atomic E-state index is -0.305. The molecule has 1 amide bonds. The van der Waals surface area contributed by atoms with Crippen molar-refractivity contribution in [2.45, 2.75) is 26.9 Å². The van der Waals surface area contributed by atoms with E-state index in [0.717, 1.165) is 27.9 Å². The molecule has 0 saturated carbocycles. The lowest BCUT2D eigenvalue weighted by atomic mass is 10.0. The highest BCUT2D eigenvalue weighted by atomic mass is 16.2. The summed E-state index contributed by atoms with van der Waals surface area (Å²) >= 11 is 0. The maximum Gasteiger partial charge on any atom is 0.267 e. The summed E-state index contributed by atoms with van der Waals surface area (Å²) < 4.78 is 1.25. The van der Waals surface area contributed by atoms with Gasteiger partial charge in [0.25, 0.3) is 5.56 Å². The van der Waals surface area contributed by atoms with Gasteiger partial charge in [-0.15, -0.1) is 0 Å². The third-order valence-corrected chi connectivity index (χ3v) is 5.37. The molecule has 160 valence electrons. The van der Waals surface area contributed by atoms with Crippen molar-refractivity contribution in [1.29, 1.82) is 0 Å². The zero-order valence-electron chi connectivity index (χ0n) is 18.2. The van der Waals surface area contributed by atoms with Gasteiger partial charge in [0.1, 0.15) is 6.54 Å². The molecule has 0 aliphatic heterocycles. The van der Waals surface area contributed by atoms with E-state index in [-0.39, 0.29) is 18.0 Å². The van der Waals surface area contributed by atoms with Gasteiger partial charge in [0, 0.05) is 17.3 Å². The number of amides is 1. The van der Waals surface area contributed by atoms with E-state index in [1.807, 2.05) is 92.7 Å². The number of rotatable bonds is 6. The van der Waals surface area contributed by atoms with Crippen molar-refractivity contribution in [1.82, 2.24) is 9.78 Å². The van der Waals surface area contributed by atoms with Gasteiger partial charge in [-0.05, 0) is 49.2 Å². The van der Waals surface area contributed by atoms with Crippen LogP contribution in [0.25, 0.3) is 11.3 Å². The van der Waals surface area contributed by atoms with E-state index in [0.29, 0.717) is 12.2 Å². The Morgan fingerprint density at radius 1 is 0.875 bits per heavy atom. The molecule has 0 spiro atoms. The van der Waals surface area contributed by atoms with Gasteiger partial charge in [0.05, 0.1) is 12.2 Å². The topological polar surface area (TPSA) is 55.2 Å². The van der Waals surface area contributed by atoms with Crippen LogP contribution in [0, 0.1) is 13.8 Å². The summed E-state index contributed by atoms with van der Waals surface area (Å²) in [7, 11) is 0. The molecule has 0 bridgehead atoms. The van der Waals surface area contributed by atoms with Crippen molar-refractivity contribution in [3.8, 4) is 11.3 Å². The van der Waals surface area contributed by atoms with E-state index in [9.17, 15) is 9.59 Å². The zero-order chi connectivity index (χ0) is 22.5. The SMILES string of the molecule is Cc1ccc(C)c(-c2ccc(=O)n(CC(=O)N(Cc3ccccc3)c3ccccc3)n2)c1. The number of aromatic nitrogens is 2. The molecule has 4 rings (SSSR count). The second-order valence-corrected chi connectivity index (χ2v) is 7.83. The van der Waals surface area contributed by atoms with Gasteiger partial charge in [-0.3, -0.25) is 9.59 Å². The predicted octanol–water partition coefficient (Wildman–Crippen LogP) is 4.76. The first-order valence-corrected chi connectivity index (χ1v) is 10.6. The van der Waals surface area contributed by atoms with Crippen molar-refractivity contribution in [2.24, 2.45) is 0 Å². The van der Waals surface area contributed by atoms with Crippen LogP contribution < -0.4 is 10.5 Å². The normalized spacial score (nSPS) is 10.7. The molecule has 4 aromatic rings. The van der Waals surface area contributed by atoms with Crippen LogP contribution >= 0.6 is 0 Å². The first kappa shape index (κ1) is 21.2. The van der Waals surface area contributed by atoms with Crippen LogP contribution in [0.1, 0.15) is 16.7 Å². The van der Waals surface area contributed by atoms with Crippen LogP contribution in [0.4, 0.5) is 5.69 Å². The van der Waals surface area contributed by atoms with E-state index in [2.05, 4.69) is 5.10 Å². The van der Waals surface area contributed by atoms with Gasteiger partial charge in [-0.1, -0.05) is 66.2 Å². The average Bonchev–Trinajstić information content (AvgIpc) is 2.82. The van der Waals surface area contributed by atoms with E-state index in [1.54, 1.807) is 11.0 Å². The number of anilines is 1. The summed E-state index contributed by atoms with van der Waals surface area (Å²) in [6.45, 7) is 4.30. The number of hydrogen-bond acceptors (Lipinski definition) is 3. The third-order valence-electron chi connectivity index (χ3n) is 5.37. The number of aryl methyl sites for hydroxylation is 2. The second kappa shape index (κ2) is 9.43. The summed E-state index contributed by atoms with van der Waals surface area (Å²) in [4.78, 5) is 27.6. The van der Waals surface area contributed by atoms with Gasteiger partial charge in [0.2, 0.25) is 5.91 Å². The Bertz CT molecular complexity index is 1280. The van der Waals surface area contributed by atoms with Crippen LogP contribution in [-0.4, -0.2) is 15.7 Å². The molecule has 1 heterocycles. The first-order chi connectivity index (χ1) is 15.5. The Kier molecular flexibility index (Phi) is 6.26. The van der Waals surface area contributed by atoms with Gasteiger partial charge in [-0.25, -0.2) is 4.68 Å². The predicted molar refractivity (Wildman–Crippen MR) is 127 cm³/mol. The molecule has 0 aliphatic carbocycles.